The molecule has 0 amide bonds. The molecule has 4 N–H and O–H groups in total. The summed E-state index contributed by atoms with van der Waals surface area (Å²) in [5.41, 5.74) is -0.689. The molecule has 0 aromatic rings. The molecule has 1 unspecified atom stereocenters. The molecule has 8 heteroatoms. The summed E-state index contributed by atoms with van der Waals surface area (Å²) in [7, 11) is 0. The minimum absolute atomic E-state index is 0.641. The number of ketones is 4. The lowest BCUT2D eigenvalue weighted by atomic mass is 9.90. The van der Waals surface area contributed by atoms with Gasteiger partial charge in [0.25, 0.3) is 0 Å². The number of aliphatic hydroxyl groups excluding tert-OH is 4. The van der Waals surface area contributed by atoms with Crippen molar-refractivity contribution in [1.82, 2.24) is 0 Å². The van der Waals surface area contributed by atoms with Crippen LogP contribution in [-0.2, 0) is 19.2 Å². The summed E-state index contributed by atoms with van der Waals surface area (Å²) >= 11 is 0. The van der Waals surface area contributed by atoms with Crippen molar-refractivity contribution in [1.29, 1.82) is 0 Å². The SMILES string of the molecule is [2H]C(C(=O)[C@@H](O)[C@H](O)[C@H](O)CO)C1=CC(=O)CC(=O)C1=O. The fraction of sp³-hybridized carbons (Fsp3) is 0.500. The van der Waals surface area contributed by atoms with Crippen LogP contribution in [0.25, 0.3) is 0 Å². The molecule has 0 fully saturated rings. The van der Waals surface area contributed by atoms with E-state index in [0.717, 1.165) is 0 Å². The van der Waals surface area contributed by atoms with Gasteiger partial charge < -0.3 is 20.4 Å². The maximum Gasteiger partial charge on any atom is 0.225 e. The molecule has 0 aromatic heterocycles. The van der Waals surface area contributed by atoms with Gasteiger partial charge in [0, 0.05) is 13.3 Å². The molecule has 110 valence electrons. The Morgan fingerprint density at radius 2 is 1.90 bits per heavy atom. The zero-order valence-corrected chi connectivity index (χ0v) is 10.2. The number of hydrogen-bond donors (Lipinski definition) is 4. The Labute approximate surface area is 114 Å². The molecule has 0 radical (unpaired) electrons. The van der Waals surface area contributed by atoms with Crippen molar-refractivity contribution >= 4 is 23.1 Å². The van der Waals surface area contributed by atoms with Crippen LogP contribution in [0.1, 0.15) is 14.2 Å². The summed E-state index contributed by atoms with van der Waals surface area (Å²) in [6.07, 6.45) is -8.16. The van der Waals surface area contributed by atoms with Gasteiger partial charge in [-0.05, 0) is 6.08 Å². The molecule has 8 nitrogen and oxygen atoms in total. The van der Waals surface area contributed by atoms with Crippen molar-refractivity contribution in [3.05, 3.63) is 11.6 Å². The number of hydrogen-bond acceptors (Lipinski definition) is 8. The number of allylic oxidation sites excluding steroid dienone is 2. The minimum Gasteiger partial charge on any atom is -0.394 e. The molecule has 0 aliphatic heterocycles. The van der Waals surface area contributed by atoms with Gasteiger partial charge in [0.15, 0.2) is 11.6 Å². The Morgan fingerprint density at radius 1 is 1.30 bits per heavy atom. The standard InChI is InChI=1S/C12H14O8/c13-4-9(17)12(20)11(19)7(15)2-5-1-6(14)3-8(16)10(5)18/h1,9,11-13,17,19-20H,2-4H2/t9-,11-,12-/m1/s1/i2D/t2?,9-,11-,12-. The van der Waals surface area contributed by atoms with Crippen LogP contribution < -0.4 is 0 Å². The largest absolute Gasteiger partial charge is 0.394 e. The van der Waals surface area contributed by atoms with Crippen LogP contribution >= 0.6 is 0 Å². The second-order valence-electron chi connectivity index (χ2n) is 4.23. The fourth-order valence-electron chi connectivity index (χ4n) is 1.52. The van der Waals surface area contributed by atoms with Crippen molar-refractivity contribution in [2.75, 3.05) is 6.61 Å². The molecule has 0 saturated heterocycles. The first-order valence-electron chi connectivity index (χ1n) is 6.21. The number of carbonyl (C=O) groups excluding carboxylic acids is 4. The first-order chi connectivity index (χ1) is 9.70. The summed E-state index contributed by atoms with van der Waals surface area (Å²) in [5, 5.41) is 36.6. The van der Waals surface area contributed by atoms with E-state index in [1.807, 2.05) is 0 Å². The summed E-state index contributed by atoms with van der Waals surface area (Å²) in [4.78, 5) is 45.7. The van der Waals surface area contributed by atoms with Gasteiger partial charge in [0.2, 0.25) is 11.6 Å². The molecule has 0 spiro atoms. The van der Waals surface area contributed by atoms with E-state index in [1.165, 1.54) is 0 Å². The number of aliphatic hydroxyl groups is 4. The van der Waals surface area contributed by atoms with Crippen LogP contribution in [0.4, 0.5) is 0 Å². The molecule has 1 aliphatic carbocycles. The molecule has 1 rings (SSSR count). The van der Waals surface area contributed by atoms with Gasteiger partial charge in [0.05, 0.1) is 13.0 Å². The number of Topliss-reactive ketones (excluding diaryl/α,β-unsaturated/α-hetero) is 3. The zero-order chi connectivity index (χ0) is 16.3. The first-order valence-corrected chi connectivity index (χ1v) is 5.63. The minimum atomic E-state index is -2.25. The average Bonchev–Trinajstić information content (AvgIpc) is 2.46. The van der Waals surface area contributed by atoms with Crippen LogP contribution in [-0.4, -0.2) is 68.5 Å². The van der Waals surface area contributed by atoms with Gasteiger partial charge in [-0.3, -0.25) is 19.2 Å². The predicted octanol–water partition coefficient (Wildman–Crippen LogP) is -2.94. The quantitative estimate of drug-likeness (QED) is 0.299. The molecule has 0 heterocycles. The van der Waals surface area contributed by atoms with Gasteiger partial charge in [-0.2, -0.15) is 0 Å². The third kappa shape index (κ3) is 3.64. The highest BCUT2D eigenvalue weighted by Crippen LogP contribution is 2.15. The Balaban J connectivity index is 2.94. The van der Waals surface area contributed by atoms with Crippen LogP contribution in [0, 0.1) is 0 Å². The topological polar surface area (TPSA) is 149 Å². The summed E-state index contributed by atoms with van der Waals surface area (Å²) in [5.74, 6) is -4.36. The smallest absolute Gasteiger partial charge is 0.225 e. The van der Waals surface area contributed by atoms with Crippen LogP contribution in [0.3, 0.4) is 0 Å². The second kappa shape index (κ2) is 6.62. The van der Waals surface area contributed by atoms with Crippen LogP contribution in [0.5, 0.6) is 0 Å². The fourth-order valence-corrected chi connectivity index (χ4v) is 1.52. The monoisotopic (exact) mass is 287 g/mol. The van der Waals surface area contributed by atoms with Gasteiger partial charge in [-0.25, -0.2) is 0 Å². The highest BCUT2D eigenvalue weighted by Gasteiger charge is 2.33. The van der Waals surface area contributed by atoms with E-state index < -0.39 is 66.4 Å². The van der Waals surface area contributed by atoms with E-state index >= 15 is 0 Å². The average molecular weight is 287 g/mol. The number of carbonyl (C=O) groups is 4. The van der Waals surface area contributed by atoms with Crippen LogP contribution in [0.15, 0.2) is 11.6 Å². The third-order valence-electron chi connectivity index (χ3n) is 2.66. The lowest BCUT2D eigenvalue weighted by molar-refractivity contribution is -0.141. The van der Waals surface area contributed by atoms with E-state index in [1.54, 1.807) is 0 Å². The molecule has 0 bridgehead atoms. The van der Waals surface area contributed by atoms with Gasteiger partial charge in [-0.15, -0.1) is 0 Å². The molecule has 1 aliphatic rings. The van der Waals surface area contributed by atoms with Crippen molar-refractivity contribution in [2.24, 2.45) is 0 Å². The third-order valence-corrected chi connectivity index (χ3v) is 2.66. The maximum absolute atomic E-state index is 11.8. The van der Waals surface area contributed by atoms with E-state index in [9.17, 15) is 29.4 Å². The zero-order valence-electron chi connectivity index (χ0n) is 11.2. The maximum atomic E-state index is 11.8. The van der Waals surface area contributed by atoms with Crippen molar-refractivity contribution in [3.63, 3.8) is 0 Å². The Hall–Kier alpha value is -1.74. The first kappa shape index (κ1) is 14.7. The van der Waals surface area contributed by atoms with Gasteiger partial charge in [-0.1, -0.05) is 0 Å². The Bertz CT molecular complexity index is 511. The normalized spacial score (nSPS) is 22.7. The van der Waals surface area contributed by atoms with Crippen molar-refractivity contribution < 1.29 is 41.0 Å². The highest BCUT2D eigenvalue weighted by molar-refractivity contribution is 6.49. The molecule has 20 heavy (non-hydrogen) atoms. The lowest BCUT2D eigenvalue weighted by Gasteiger charge is -2.21. The molecule has 4 atom stereocenters. The van der Waals surface area contributed by atoms with Gasteiger partial charge >= 0.3 is 0 Å². The molecule has 0 aromatic carbocycles. The van der Waals surface area contributed by atoms with Gasteiger partial charge in [0.1, 0.15) is 18.3 Å². The van der Waals surface area contributed by atoms with Crippen molar-refractivity contribution in [2.45, 2.75) is 31.1 Å². The molecular weight excluding hydrogens is 272 g/mol. The summed E-state index contributed by atoms with van der Waals surface area (Å²) < 4.78 is 7.55. The van der Waals surface area contributed by atoms with E-state index in [0.29, 0.717) is 6.08 Å². The van der Waals surface area contributed by atoms with Crippen molar-refractivity contribution in [3.8, 4) is 0 Å². The highest BCUT2D eigenvalue weighted by atomic mass is 16.4. The predicted molar refractivity (Wildman–Crippen MR) is 62.5 cm³/mol. The van der Waals surface area contributed by atoms with Crippen LogP contribution in [0.2, 0.25) is 0 Å². The van der Waals surface area contributed by atoms with E-state index in [-0.39, 0.29) is 0 Å². The Kier molecular flexibility index (Phi) is 4.85. The molecule has 0 saturated carbocycles. The second-order valence-corrected chi connectivity index (χ2v) is 4.23. The lowest BCUT2D eigenvalue weighted by Crippen LogP contribution is -2.44. The van der Waals surface area contributed by atoms with E-state index in [2.05, 4.69) is 0 Å². The Morgan fingerprint density at radius 3 is 2.45 bits per heavy atom. The summed E-state index contributed by atoms with van der Waals surface area (Å²) in [6.45, 7) is -0.938. The summed E-state index contributed by atoms with van der Waals surface area (Å²) in [6, 6.07) is 0. The number of rotatable bonds is 6. The van der Waals surface area contributed by atoms with E-state index in [4.69, 9.17) is 11.6 Å². The molecular formula is C12H14O8.